The molecule has 0 aliphatic heterocycles. The summed E-state index contributed by atoms with van der Waals surface area (Å²) in [7, 11) is -3.37. The summed E-state index contributed by atoms with van der Waals surface area (Å²) in [6.45, 7) is 4.69. The maximum atomic E-state index is 11.5. The molecule has 0 saturated carbocycles. The zero-order valence-electron chi connectivity index (χ0n) is 12.6. The van der Waals surface area contributed by atoms with E-state index in [0.717, 1.165) is 5.56 Å². The summed E-state index contributed by atoms with van der Waals surface area (Å²) in [6, 6.07) is 6.68. The summed E-state index contributed by atoms with van der Waals surface area (Å²) >= 11 is 2.65. The molecule has 7 heteroatoms. The van der Waals surface area contributed by atoms with Crippen LogP contribution < -0.4 is 22.9 Å². The van der Waals surface area contributed by atoms with Crippen LogP contribution in [0.25, 0.3) is 0 Å². The summed E-state index contributed by atoms with van der Waals surface area (Å²) in [5, 5.41) is 1.28. The molecule has 3 N–H and O–H groups in total. The van der Waals surface area contributed by atoms with Gasteiger partial charge in [-0.25, -0.2) is 13.1 Å². The van der Waals surface area contributed by atoms with Crippen molar-refractivity contribution in [1.29, 1.82) is 0 Å². The van der Waals surface area contributed by atoms with Crippen molar-refractivity contribution >= 4 is 10.0 Å². The van der Waals surface area contributed by atoms with Gasteiger partial charge in [0.15, 0.2) is 0 Å². The normalized spacial score (nSPS) is 10.3. The molecule has 0 aliphatic rings. The molecule has 1 aromatic carbocycles. The molecule has 21 heavy (non-hydrogen) atoms. The van der Waals surface area contributed by atoms with E-state index in [9.17, 15) is 8.42 Å². The Bertz CT molecular complexity index is 449. The predicted molar refractivity (Wildman–Crippen MR) is 79.8 cm³/mol. The van der Waals surface area contributed by atoms with Crippen molar-refractivity contribution in [3.63, 3.8) is 0 Å². The van der Waals surface area contributed by atoms with Gasteiger partial charge in [0.05, 0.1) is 4.90 Å². The van der Waals surface area contributed by atoms with Crippen LogP contribution >= 0.6 is 0 Å². The maximum absolute atomic E-state index is 11.5. The van der Waals surface area contributed by atoms with E-state index >= 15 is 0 Å². The molecule has 124 valence electrons. The molecule has 0 spiro atoms. The second-order valence-corrected chi connectivity index (χ2v) is 7.02. The predicted octanol–water partition coefficient (Wildman–Crippen LogP) is -0.622. The molecule has 0 fully saturated rings. The Morgan fingerprint density at radius 2 is 1.76 bits per heavy atom. The van der Waals surface area contributed by atoms with Gasteiger partial charge in [0.25, 0.3) is 0 Å². The van der Waals surface area contributed by atoms with Gasteiger partial charge >= 0.3 is 49.5 Å². The van der Waals surface area contributed by atoms with E-state index in [4.69, 9.17) is 5.73 Å². The van der Waals surface area contributed by atoms with Crippen LogP contribution in [0.1, 0.15) is 31.7 Å². The number of rotatable bonds is 7. The second kappa shape index (κ2) is 13.7. The van der Waals surface area contributed by atoms with Crippen LogP contribution in [0.4, 0.5) is 0 Å². The SMILES string of the molecule is CCCC[CH2][Ru+].Cc1ccc(S(=O)(=O)NCCN)cc1.[Cl-]. The molecule has 0 aliphatic carbocycles. The van der Waals surface area contributed by atoms with E-state index in [2.05, 4.69) is 29.9 Å². The van der Waals surface area contributed by atoms with Crippen molar-refractivity contribution in [2.75, 3.05) is 13.1 Å². The number of halogens is 1. The zero-order chi connectivity index (χ0) is 15.4. The molecule has 1 rings (SSSR count). The number of aryl methyl sites for hydroxylation is 1. The van der Waals surface area contributed by atoms with Crippen molar-refractivity contribution < 1.29 is 39.1 Å². The minimum Gasteiger partial charge on any atom is -1.00 e. The maximum Gasteiger partial charge on any atom is 0.240 e. The van der Waals surface area contributed by atoms with Crippen LogP contribution in [0.3, 0.4) is 0 Å². The summed E-state index contributed by atoms with van der Waals surface area (Å²) in [5.74, 6) is 0. The second-order valence-electron chi connectivity index (χ2n) is 4.38. The molecule has 0 heterocycles. The molecule has 1 aromatic rings. The van der Waals surface area contributed by atoms with E-state index in [-0.39, 0.29) is 23.8 Å². The van der Waals surface area contributed by atoms with Crippen molar-refractivity contribution in [3.05, 3.63) is 29.8 Å². The van der Waals surface area contributed by atoms with E-state index in [1.165, 1.54) is 24.3 Å². The topological polar surface area (TPSA) is 72.2 Å². The van der Waals surface area contributed by atoms with E-state index in [1.807, 2.05) is 6.92 Å². The first-order valence-electron chi connectivity index (χ1n) is 6.78. The van der Waals surface area contributed by atoms with Gasteiger partial charge in [-0.15, -0.1) is 0 Å². The number of hydrogen-bond donors (Lipinski definition) is 2. The summed E-state index contributed by atoms with van der Waals surface area (Å²) in [6.07, 6.45) is 4.12. The number of nitrogens with two attached hydrogens (primary N) is 1. The number of sulfonamides is 1. The first kappa shape index (κ1) is 23.3. The standard InChI is InChI=1S/C9H14N2O2S.C5H11.ClH.Ru/c1-8-2-4-9(5-3-8)14(12,13)11-7-6-10;1-3-5-4-2;;/h2-5,11H,6-7,10H2,1H3;1,3-5H2,2H3;1H;/q;;;+1/p-1. The molecule has 0 radical (unpaired) electrons. The van der Waals surface area contributed by atoms with Crippen LogP contribution in [-0.4, -0.2) is 21.5 Å². The third-order valence-corrected chi connectivity index (χ3v) is 4.59. The van der Waals surface area contributed by atoms with Gasteiger partial charge in [-0.05, 0) is 19.1 Å². The molecule has 0 amide bonds. The average Bonchev–Trinajstić information content (AvgIpc) is 2.44. The van der Waals surface area contributed by atoms with Gasteiger partial charge < -0.3 is 18.1 Å². The first-order chi connectivity index (χ1) is 9.47. The zero-order valence-corrected chi connectivity index (χ0v) is 15.9. The van der Waals surface area contributed by atoms with Gasteiger partial charge in [-0.2, -0.15) is 0 Å². The fraction of sp³-hybridized carbons (Fsp3) is 0.571. The largest absolute Gasteiger partial charge is 1.00 e. The van der Waals surface area contributed by atoms with Crippen molar-refractivity contribution in [2.24, 2.45) is 5.73 Å². The Balaban J connectivity index is 0. The van der Waals surface area contributed by atoms with Crippen LogP contribution in [0, 0.1) is 6.92 Å². The molecular weight excluding hydrogens is 397 g/mol. The summed E-state index contributed by atoms with van der Waals surface area (Å²) in [5.41, 5.74) is 6.24. The smallest absolute Gasteiger partial charge is 0.240 e. The van der Waals surface area contributed by atoms with E-state index < -0.39 is 10.0 Å². The molecule has 0 bridgehead atoms. The Kier molecular flexibility index (Phi) is 15.1. The summed E-state index contributed by atoms with van der Waals surface area (Å²) < 4.78 is 25.5. The molecule has 0 atom stereocenters. The Morgan fingerprint density at radius 3 is 2.14 bits per heavy atom. The Hall–Kier alpha value is 0.00338. The van der Waals surface area contributed by atoms with Gasteiger partial charge in [-0.3, -0.25) is 0 Å². The number of hydrogen-bond acceptors (Lipinski definition) is 3. The van der Waals surface area contributed by atoms with Crippen molar-refractivity contribution in [2.45, 2.75) is 43.0 Å². The molecule has 0 aromatic heterocycles. The Morgan fingerprint density at radius 1 is 1.19 bits per heavy atom. The van der Waals surface area contributed by atoms with Gasteiger partial charge in [-0.1, -0.05) is 17.7 Å². The minimum absolute atomic E-state index is 0. The van der Waals surface area contributed by atoms with Gasteiger partial charge in [0.1, 0.15) is 0 Å². The first-order valence-corrected chi connectivity index (χ1v) is 9.49. The molecule has 4 nitrogen and oxygen atoms in total. The monoisotopic (exact) mass is 422 g/mol. The molecular formula is C14H25ClN2O2RuS. The summed E-state index contributed by atoms with van der Waals surface area (Å²) in [4.78, 5) is 0.275. The quantitative estimate of drug-likeness (QED) is 0.455. The number of nitrogens with one attached hydrogen (secondary N) is 1. The fourth-order valence-electron chi connectivity index (χ4n) is 1.33. The van der Waals surface area contributed by atoms with Crippen LogP contribution in [0.15, 0.2) is 29.2 Å². The van der Waals surface area contributed by atoms with E-state index in [1.54, 1.807) is 24.3 Å². The van der Waals surface area contributed by atoms with Crippen LogP contribution in [-0.2, 0) is 28.3 Å². The van der Waals surface area contributed by atoms with Crippen LogP contribution in [0.5, 0.6) is 0 Å². The van der Waals surface area contributed by atoms with Gasteiger partial charge in [0.2, 0.25) is 10.0 Å². The van der Waals surface area contributed by atoms with Crippen molar-refractivity contribution in [1.82, 2.24) is 4.72 Å². The third kappa shape index (κ3) is 11.3. The van der Waals surface area contributed by atoms with Gasteiger partial charge in [0, 0.05) is 13.1 Å². The van der Waals surface area contributed by atoms with E-state index in [0.29, 0.717) is 6.54 Å². The average molecular weight is 422 g/mol. The Labute approximate surface area is 145 Å². The fourth-order valence-corrected chi connectivity index (χ4v) is 2.81. The number of benzene rings is 1. The molecule has 0 saturated heterocycles. The third-order valence-electron chi connectivity index (χ3n) is 2.50. The number of unbranched alkanes of at least 4 members (excludes halogenated alkanes) is 2. The molecule has 0 unspecified atom stereocenters. The van der Waals surface area contributed by atoms with Crippen LogP contribution in [0.2, 0.25) is 5.02 Å². The van der Waals surface area contributed by atoms with Crippen molar-refractivity contribution in [3.8, 4) is 0 Å². The minimum atomic E-state index is -3.37.